The van der Waals surface area contributed by atoms with Crippen LogP contribution in [0.2, 0.25) is 0 Å². The molecule has 3 aliphatic rings. The van der Waals surface area contributed by atoms with Gasteiger partial charge in [0, 0.05) is 24.8 Å². The Morgan fingerprint density at radius 2 is 1.90 bits per heavy atom. The van der Waals surface area contributed by atoms with E-state index in [0.29, 0.717) is 43.7 Å². The summed E-state index contributed by atoms with van der Waals surface area (Å²) >= 11 is 0. The summed E-state index contributed by atoms with van der Waals surface area (Å²) in [6.45, 7) is -0.282. The van der Waals surface area contributed by atoms with Gasteiger partial charge in [-0.2, -0.15) is 5.10 Å². The molecular weight excluding hydrogens is 402 g/mol. The Morgan fingerprint density at radius 3 is 2.55 bits per heavy atom. The van der Waals surface area contributed by atoms with Gasteiger partial charge in [-0.25, -0.2) is 4.98 Å². The summed E-state index contributed by atoms with van der Waals surface area (Å²) in [5.74, 6) is 0.363. The van der Waals surface area contributed by atoms with Crippen LogP contribution in [0.4, 0.5) is 0 Å². The number of hydrogen-bond donors (Lipinski definition) is 3. The first-order chi connectivity index (χ1) is 14.9. The molecule has 1 atom stereocenters. The minimum absolute atomic E-state index is 0.136. The number of nitrogens with zero attached hydrogens (tertiary/aromatic N) is 3. The van der Waals surface area contributed by atoms with E-state index >= 15 is 0 Å². The number of amides is 2. The van der Waals surface area contributed by atoms with E-state index < -0.39 is 17.2 Å². The summed E-state index contributed by atoms with van der Waals surface area (Å²) in [5.41, 5.74) is -1.17. The zero-order valence-electron chi connectivity index (χ0n) is 17.4. The maximum Gasteiger partial charge on any atom is 0.258 e. The summed E-state index contributed by atoms with van der Waals surface area (Å²) in [7, 11) is 1.77. The summed E-state index contributed by atoms with van der Waals surface area (Å²) in [6.07, 6.45) is 6.93. The quantitative estimate of drug-likeness (QED) is 0.551. The molecule has 0 spiro atoms. The van der Waals surface area contributed by atoms with Gasteiger partial charge in [0.1, 0.15) is 0 Å². The van der Waals surface area contributed by atoms with Gasteiger partial charge in [0.25, 0.3) is 11.8 Å². The topological polar surface area (TPSA) is 128 Å². The predicted molar refractivity (Wildman–Crippen MR) is 109 cm³/mol. The van der Waals surface area contributed by atoms with Gasteiger partial charge in [-0.15, -0.1) is 0 Å². The number of fused-ring (bicyclic) bond motifs is 3. The average Bonchev–Trinajstić information content (AvgIpc) is 3.18. The van der Waals surface area contributed by atoms with Crippen LogP contribution >= 0.6 is 0 Å². The first kappa shape index (κ1) is 21.1. The van der Waals surface area contributed by atoms with Gasteiger partial charge in [0.15, 0.2) is 19.0 Å². The Labute approximate surface area is 179 Å². The number of aromatic nitrogens is 3. The highest BCUT2D eigenvalue weighted by molar-refractivity contribution is 5.79. The zero-order chi connectivity index (χ0) is 21.9. The van der Waals surface area contributed by atoms with E-state index in [-0.39, 0.29) is 25.0 Å². The molecular formula is C21H27N5O5. The molecule has 3 saturated carbocycles. The van der Waals surface area contributed by atoms with Crippen LogP contribution in [-0.2, 0) is 16.6 Å². The minimum Gasteiger partial charge on any atom is -0.480 e. The van der Waals surface area contributed by atoms with Crippen molar-refractivity contribution in [3.05, 3.63) is 36.8 Å². The molecule has 0 saturated heterocycles. The van der Waals surface area contributed by atoms with Crippen molar-refractivity contribution in [1.82, 2.24) is 25.4 Å². The second kappa shape index (κ2) is 8.54. The number of rotatable bonds is 8. The Kier molecular flexibility index (Phi) is 5.81. The summed E-state index contributed by atoms with van der Waals surface area (Å²) in [6, 6.07) is 5.24. The number of aliphatic hydroxyl groups excluding tert-OH is 1. The lowest BCUT2D eigenvalue weighted by molar-refractivity contribution is -0.137. The van der Waals surface area contributed by atoms with Crippen molar-refractivity contribution in [2.24, 2.45) is 7.05 Å². The molecule has 3 N–H and O–H groups in total. The summed E-state index contributed by atoms with van der Waals surface area (Å²) < 4.78 is 12.5. The summed E-state index contributed by atoms with van der Waals surface area (Å²) in [4.78, 5) is 28.9. The molecule has 5 rings (SSSR count). The molecule has 31 heavy (non-hydrogen) atoms. The van der Waals surface area contributed by atoms with Crippen molar-refractivity contribution in [2.75, 3.05) is 13.2 Å². The van der Waals surface area contributed by atoms with Gasteiger partial charge in [-0.1, -0.05) is 6.07 Å². The van der Waals surface area contributed by atoms with Crippen LogP contribution in [0.15, 0.2) is 36.8 Å². The lowest BCUT2D eigenvalue weighted by Gasteiger charge is -2.56. The third kappa shape index (κ3) is 4.79. The average molecular weight is 429 g/mol. The van der Waals surface area contributed by atoms with E-state index in [9.17, 15) is 14.7 Å². The fourth-order valence-electron chi connectivity index (χ4n) is 4.50. The number of carbonyl (C=O) groups is 2. The second-order valence-corrected chi connectivity index (χ2v) is 8.35. The standard InChI is InChI=1S/C21H27N5O5/c1-26-12-15(11-23-26)30-13-18(29)25-21-7-5-20(6-8-21,10-16(21)27)24-17(28)14-31-19-4-2-3-9-22-19/h2-4,9,11-12,16,27H,5-8,10,13-14H2,1H3,(H,24,28)(H,25,29)/t16-,20?,21?/m1/s1. The minimum atomic E-state index is -0.755. The number of hydrogen-bond acceptors (Lipinski definition) is 7. The SMILES string of the molecule is Cn1cc(OCC(=O)NC23CCC(NC(=O)COc4ccccn4)(CC2)C[C@H]3O)cn1. The van der Waals surface area contributed by atoms with Crippen LogP contribution in [0.3, 0.4) is 0 Å². The lowest BCUT2D eigenvalue weighted by Crippen LogP contribution is -2.70. The Morgan fingerprint density at radius 1 is 1.16 bits per heavy atom. The van der Waals surface area contributed by atoms with Gasteiger partial charge < -0.3 is 25.2 Å². The molecule has 2 bridgehead atoms. The molecule has 166 valence electrons. The first-order valence-electron chi connectivity index (χ1n) is 10.3. The molecule has 2 aromatic rings. The van der Waals surface area contributed by atoms with E-state index in [1.54, 1.807) is 42.3 Å². The maximum atomic E-state index is 12.4. The van der Waals surface area contributed by atoms with Crippen molar-refractivity contribution in [2.45, 2.75) is 49.3 Å². The largest absolute Gasteiger partial charge is 0.480 e. The molecule has 0 aromatic carbocycles. The van der Waals surface area contributed by atoms with Gasteiger partial charge >= 0.3 is 0 Å². The van der Waals surface area contributed by atoms with E-state index in [0.717, 1.165) is 0 Å². The van der Waals surface area contributed by atoms with Crippen molar-refractivity contribution in [1.29, 1.82) is 0 Å². The van der Waals surface area contributed by atoms with E-state index in [1.807, 2.05) is 0 Å². The van der Waals surface area contributed by atoms with Crippen molar-refractivity contribution in [3.8, 4) is 11.6 Å². The molecule has 0 aliphatic heterocycles. The monoisotopic (exact) mass is 429 g/mol. The molecule has 3 aliphatic carbocycles. The van der Waals surface area contributed by atoms with E-state index in [1.165, 1.54) is 6.20 Å². The third-order valence-electron chi connectivity index (χ3n) is 6.15. The highest BCUT2D eigenvalue weighted by Crippen LogP contribution is 2.47. The molecule has 10 heteroatoms. The normalized spacial score (nSPS) is 26.8. The molecule has 10 nitrogen and oxygen atoms in total. The molecule has 2 heterocycles. The van der Waals surface area contributed by atoms with Crippen LogP contribution in [0.1, 0.15) is 32.1 Å². The number of nitrogens with one attached hydrogen (secondary N) is 2. The molecule has 2 amide bonds. The van der Waals surface area contributed by atoms with Crippen molar-refractivity contribution in [3.63, 3.8) is 0 Å². The van der Waals surface area contributed by atoms with Crippen LogP contribution in [0, 0.1) is 0 Å². The number of ether oxygens (including phenoxy) is 2. The molecule has 0 unspecified atom stereocenters. The Hall–Kier alpha value is -3.14. The lowest BCUT2D eigenvalue weighted by atomic mass is 9.60. The number of carbonyl (C=O) groups excluding carboxylic acids is 2. The Bertz CT molecular complexity index is 923. The second-order valence-electron chi connectivity index (χ2n) is 8.35. The number of aliphatic hydroxyl groups is 1. The third-order valence-corrected chi connectivity index (χ3v) is 6.15. The fraction of sp³-hybridized carbons (Fsp3) is 0.524. The van der Waals surface area contributed by atoms with E-state index in [2.05, 4.69) is 20.7 Å². The fourth-order valence-corrected chi connectivity index (χ4v) is 4.50. The van der Waals surface area contributed by atoms with Crippen LogP contribution in [0.25, 0.3) is 0 Å². The number of aryl methyl sites for hydroxylation is 1. The number of pyridine rings is 1. The van der Waals surface area contributed by atoms with Gasteiger partial charge in [-0.05, 0) is 38.2 Å². The Balaban J connectivity index is 1.27. The molecule has 0 radical (unpaired) electrons. The molecule has 3 fully saturated rings. The maximum absolute atomic E-state index is 12.4. The first-order valence-corrected chi connectivity index (χ1v) is 10.3. The highest BCUT2D eigenvalue weighted by atomic mass is 16.5. The molecule has 2 aromatic heterocycles. The van der Waals surface area contributed by atoms with E-state index in [4.69, 9.17) is 9.47 Å². The van der Waals surface area contributed by atoms with Crippen molar-refractivity contribution < 1.29 is 24.2 Å². The van der Waals surface area contributed by atoms with Crippen molar-refractivity contribution >= 4 is 11.8 Å². The van der Waals surface area contributed by atoms with Crippen LogP contribution in [0.5, 0.6) is 11.6 Å². The van der Waals surface area contributed by atoms with Gasteiger partial charge in [-0.3, -0.25) is 14.3 Å². The summed E-state index contributed by atoms with van der Waals surface area (Å²) in [5, 5.41) is 20.8. The van der Waals surface area contributed by atoms with Crippen LogP contribution in [-0.4, -0.2) is 62.1 Å². The predicted octanol–water partition coefficient (Wildman–Crippen LogP) is 0.322. The van der Waals surface area contributed by atoms with Gasteiger partial charge in [0.05, 0.1) is 24.0 Å². The highest BCUT2D eigenvalue weighted by Gasteiger charge is 2.55. The zero-order valence-corrected chi connectivity index (χ0v) is 17.4. The van der Waals surface area contributed by atoms with Crippen LogP contribution < -0.4 is 20.1 Å². The smallest absolute Gasteiger partial charge is 0.258 e. The van der Waals surface area contributed by atoms with Gasteiger partial charge in [0.2, 0.25) is 5.88 Å².